The van der Waals surface area contributed by atoms with Crippen molar-refractivity contribution in [1.29, 1.82) is 0 Å². The third kappa shape index (κ3) is 10.9. The second kappa shape index (κ2) is 22.5. The number of hydrogen-bond acceptors (Lipinski definition) is 17. The average Bonchev–Trinajstić information content (AvgIpc) is 4.28. The summed E-state index contributed by atoms with van der Waals surface area (Å²) >= 11 is 0. The van der Waals surface area contributed by atoms with Crippen LogP contribution in [-0.2, 0) is 16.1 Å². The number of likely N-dealkylation sites (tertiary alicyclic amines) is 1. The van der Waals surface area contributed by atoms with E-state index in [4.69, 9.17) is 43.6 Å². The van der Waals surface area contributed by atoms with Gasteiger partial charge >= 0.3 is 6.09 Å². The molecule has 1 aliphatic carbocycles. The van der Waals surface area contributed by atoms with Gasteiger partial charge in [-0.2, -0.15) is 10.2 Å². The smallest absolute Gasteiger partial charge is 0.410 e. The zero-order chi connectivity index (χ0) is 54.0. The molecular formula is C58H67N15O5. The molecule has 3 atom stereocenters. The minimum absolute atomic E-state index is 0.0104. The first-order chi connectivity index (χ1) is 37.8. The van der Waals surface area contributed by atoms with Gasteiger partial charge in [0.1, 0.15) is 23.8 Å². The lowest BCUT2D eigenvalue weighted by Crippen LogP contribution is -2.50. The van der Waals surface area contributed by atoms with Crippen LogP contribution in [0.3, 0.4) is 0 Å². The summed E-state index contributed by atoms with van der Waals surface area (Å²) in [5.41, 5.74) is 12.3. The number of carbonyl (C=O) groups is 1. The SMILES string of the molecule is Cc1cnc(NC2CCC(C)CC2)nc1-c1nn(C2CCCCO2)c2nc(-c3c(C)noc3C)ccc12.Cc1cnc(N[C@H]2CC[C@H](C)N(C(=O)OCc3ccccc3)C2)nc1-c1[nH]nc2nc(-c3c(C)noc3C)ccc12. The number of anilines is 2. The van der Waals surface area contributed by atoms with Gasteiger partial charge in [-0.1, -0.05) is 47.6 Å². The Morgan fingerprint density at radius 1 is 0.692 bits per heavy atom. The number of rotatable bonds is 11. The Bertz CT molecular complexity index is 3530. The summed E-state index contributed by atoms with van der Waals surface area (Å²) < 4.78 is 24.4. The molecule has 1 saturated carbocycles. The molecule has 0 spiro atoms. The van der Waals surface area contributed by atoms with E-state index in [9.17, 15) is 4.79 Å². The monoisotopic (exact) mass is 1050 g/mol. The number of aromatic nitrogens is 12. The van der Waals surface area contributed by atoms with Gasteiger partial charge in [0.15, 0.2) is 17.5 Å². The number of nitrogens with one attached hydrogen (secondary N) is 3. The number of nitrogens with zero attached hydrogens (tertiary/aromatic N) is 12. The second-order valence-corrected chi connectivity index (χ2v) is 21.3. The number of aryl methyl sites for hydroxylation is 6. The largest absolute Gasteiger partial charge is 0.445 e. The lowest BCUT2D eigenvalue weighted by Gasteiger charge is -2.37. The zero-order valence-electron chi connectivity index (χ0n) is 45.6. The number of carbonyl (C=O) groups excluding carboxylic acids is 1. The van der Waals surface area contributed by atoms with Gasteiger partial charge in [-0.05, 0) is 153 Å². The van der Waals surface area contributed by atoms with Gasteiger partial charge in [0.05, 0.1) is 51.0 Å². The predicted molar refractivity (Wildman–Crippen MR) is 296 cm³/mol. The van der Waals surface area contributed by atoms with Gasteiger partial charge in [-0.25, -0.2) is 39.4 Å². The first-order valence-electron chi connectivity index (χ1n) is 27.3. The highest BCUT2D eigenvalue weighted by Gasteiger charge is 2.32. The molecule has 8 aromatic heterocycles. The third-order valence-corrected chi connectivity index (χ3v) is 15.4. The van der Waals surface area contributed by atoms with Gasteiger partial charge < -0.3 is 34.1 Å². The summed E-state index contributed by atoms with van der Waals surface area (Å²) in [6.45, 7) is 17.5. The Hall–Kier alpha value is -8.13. The number of pyridine rings is 2. The van der Waals surface area contributed by atoms with E-state index in [2.05, 4.69) is 61.0 Å². The number of fused-ring (bicyclic) bond motifs is 2. The van der Waals surface area contributed by atoms with Gasteiger partial charge in [0.25, 0.3) is 0 Å². The average molecular weight is 1050 g/mol. The van der Waals surface area contributed by atoms with Crippen LogP contribution in [0.1, 0.15) is 117 Å². The van der Waals surface area contributed by atoms with Crippen LogP contribution in [-0.4, -0.2) is 102 Å². The molecule has 20 heteroatoms. The van der Waals surface area contributed by atoms with Crippen LogP contribution in [0.25, 0.3) is 67.4 Å². The summed E-state index contributed by atoms with van der Waals surface area (Å²) in [6, 6.07) is 18.2. The topological polar surface area (TPSA) is 239 Å². The molecule has 0 bridgehead atoms. The molecule has 3 fully saturated rings. The van der Waals surface area contributed by atoms with Crippen LogP contribution in [0.15, 0.2) is 76.0 Å². The minimum Gasteiger partial charge on any atom is -0.445 e. The molecular weight excluding hydrogens is 987 g/mol. The number of ether oxygens (including phenoxy) is 2. The first-order valence-corrected chi connectivity index (χ1v) is 27.3. The Kier molecular flexibility index (Phi) is 15.0. The molecule has 0 radical (unpaired) electrons. The molecule has 1 unspecified atom stereocenters. The van der Waals surface area contributed by atoms with Crippen LogP contribution >= 0.6 is 0 Å². The van der Waals surface area contributed by atoms with Crippen molar-refractivity contribution in [2.24, 2.45) is 5.92 Å². The van der Waals surface area contributed by atoms with E-state index in [0.717, 1.165) is 153 Å². The third-order valence-electron chi connectivity index (χ3n) is 15.4. The molecule has 2 saturated heterocycles. The van der Waals surface area contributed by atoms with E-state index in [1.807, 2.05) is 101 Å². The lowest BCUT2D eigenvalue weighted by molar-refractivity contribution is -0.0368. The fraction of sp³-hybridized carbons (Fsp3) is 0.431. The van der Waals surface area contributed by atoms with E-state index in [1.54, 1.807) is 11.1 Å². The highest BCUT2D eigenvalue weighted by molar-refractivity contribution is 5.93. The van der Waals surface area contributed by atoms with Crippen molar-refractivity contribution in [2.75, 3.05) is 23.8 Å². The Balaban J connectivity index is 0.000000166. The number of H-pyrrole nitrogens is 1. The van der Waals surface area contributed by atoms with Crippen LogP contribution in [0.4, 0.5) is 16.7 Å². The molecule has 10 heterocycles. The van der Waals surface area contributed by atoms with E-state index in [-0.39, 0.29) is 31.0 Å². The number of benzene rings is 1. The fourth-order valence-corrected chi connectivity index (χ4v) is 10.9. The molecule has 12 rings (SSSR count). The maximum absolute atomic E-state index is 12.9. The lowest BCUT2D eigenvalue weighted by atomic mass is 9.87. The van der Waals surface area contributed by atoms with E-state index in [1.165, 1.54) is 12.8 Å². The maximum atomic E-state index is 12.9. The summed E-state index contributed by atoms with van der Waals surface area (Å²) in [7, 11) is 0. The Morgan fingerprint density at radius 2 is 1.33 bits per heavy atom. The quantitative estimate of drug-likeness (QED) is 0.109. The normalized spacial score (nSPS) is 19.6. The second-order valence-electron chi connectivity index (χ2n) is 21.3. The summed E-state index contributed by atoms with van der Waals surface area (Å²) in [5, 5.41) is 29.7. The van der Waals surface area contributed by atoms with Crippen molar-refractivity contribution in [3.05, 3.63) is 107 Å². The molecule has 3 N–H and O–H groups in total. The summed E-state index contributed by atoms with van der Waals surface area (Å²) in [5.74, 6) is 3.42. The number of aromatic amines is 1. The van der Waals surface area contributed by atoms with Crippen molar-refractivity contribution in [3.63, 3.8) is 0 Å². The van der Waals surface area contributed by atoms with Crippen molar-refractivity contribution in [1.82, 2.24) is 65.1 Å². The number of amides is 1. The van der Waals surface area contributed by atoms with Crippen molar-refractivity contribution in [2.45, 2.75) is 144 Å². The van der Waals surface area contributed by atoms with Crippen molar-refractivity contribution < 1.29 is 23.3 Å². The van der Waals surface area contributed by atoms with E-state index < -0.39 is 0 Å². The fourth-order valence-electron chi connectivity index (χ4n) is 10.9. The van der Waals surface area contributed by atoms with Gasteiger partial charge in [-0.3, -0.25) is 5.10 Å². The summed E-state index contributed by atoms with van der Waals surface area (Å²) in [4.78, 5) is 43.5. The molecule has 1 amide bonds. The molecule has 78 heavy (non-hydrogen) atoms. The number of piperidine rings is 1. The van der Waals surface area contributed by atoms with E-state index >= 15 is 0 Å². The first kappa shape index (κ1) is 51.9. The molecule has 9 aromatic rings. The van der Waals surface area contributed by atoms with Gasteiger partial charge in [0, 0.05) is 54.4 Å². The Labute approximate surface area is 452 Å². The van der Waals surface area contributed by atoms with Crippen LogP contribution in [0.5, 0.6) is 0 Å². The Morgan fingerprint density at radius 3 is 2.00 bits per heavy atom. The highest BCUT2D eigenvalue weighted by Crippen LogP contribution is 2.37. The standard InChI is InChI=1S/C30H32N8O3.C28H35N7O2/c1-17-14-31-29(32-22-11-10-18(2)38(15-22)30(39)40-16-21-8-6-5-7-9-21)34-26(17)27-23-12-13-24(33-28(23)36-35-27)25-19(3)37-41-20(25)4;1-16-8-10-20(11-9-16)30-28-29-15-17(2)25(32-28)26-21-12-13-22(24-18(3)34-37-19(24)4)31-27(21)35(33-26)23-7-5-6-14-36-23/h5-9,12-14,18,22H,10-11,15-16H2,1-4H3,(H,31,32,34)(H,33,35,36);12-13,15-16,20,23H,5-11,14H2,1-4H3,(H,29,30,32)/t18-,22-;/m0./s1. The molecule has 20 nitrogen and oxygen atoms in total. The predicted octanol–water partition coefficient (Wildman–Crippen LogP) is 11.8. The van der Waals surface area contributed by atoms with Gasteiger partial charge in [-0.15, -0.1) is 0 Å². The van der Waals surface area contributed by atoms with E-state index in [0.29, 0.717) is 35.9 Å². The van der Waals surface area contributed by atoms with Crippen LogP contribution in [0, 0.1) is 47.5 Å². The molecule has 3 aliphatic rings. The van der Waals surface area contributed by atoms with Gasteiger partial charge in [0.2, 0.25) is 11.9 Å². The highest BCUT2D eigenvalue weighted by atomic mass is 16.6. The molecule has 1 aromatic carbocycles. The van der Waals surface area contributed by atoms with Crippen LogP contribution < -0.4 is 10.6 Å². The summed E-state index contributed by atoms with van der Waals surface area (Å²) in [6.07, 6.45) is 12.8. The van der Waals surface area contributed by atoms with Crippen molar-refractivity contribution >= 4 is 40.1 Å². The maximum Gasteiger partial charge on any atom is 0.410 e. The van der Waals surface area contributed by atoms with Crippen LogP contribution in [0.2, 0.25) is 0 Å². The zero-order valence-corrected chi connectivity index (χ0v) is 45.6. The molecule has 404 valence electrons. The minimum atomic E-state index is -0.314. The van der Waals surface area contributed by atoms with Crippen molar-refractivity contribution in [3.8, 4) is 45.3 Å². The molecule has 2 aliphatic heterocycles. The number of hydrogen-bond donors (Lipinski definition) is 3.